The van der Waals surface area contributed by atoms with Gasteiger partial charge in [0.15, 0.2) is 0 Å². The average molecular weight is 277 g/mol. The minimum Gasteiger partial charge on any atom is -0.489 e. The van der Waals surface area contributed by atoms with E-state index in [4.69, 9.17) is 15.9 Å². The minimum absolute atomic E-state index is 0.0554. The predicted molar refractivity (Wildman–Crippen MR) is 83.5 cm³/mol. The molecular formula is C17H15N3O. The van der Waals surface area contributed by atoms with E-state index < -0.39 is 0 Å². The molecule has 3 N–H and O–H groups in total. The largest absolute Gasteiger partial charge is 0.489 e. The van der Waals surface area contributed by atoms with Gasteiger partial charge in [-0.1, -0.05) is 24.3 Å². The second-order valence-electron chi connectivity index (χ2n) is 4.72. The highest BCUT2D eigenvalue weighted by atomic mass is 16.5. The van der Waals surface area contributed by atoms with Crippen LogP contribution in [0.3, 0.4) is 0 Å². The zero-order valence-corrected chi connectivity index (χ0v) is 11.4. The summed E-state index contributed by atoms with van der Waals surface area (Å²) in [5.74, 6) is 0.799. The molecule has 0 spiro atoms. The van der Waals surface area contributed by atoms with Crippen LogP contribution in [0.15, 0.2) is 60.8 Å². The molecule has 0 saturated carbocycles. The van der Waals surface area contributed by atoms with Gasteiger partial charge in [-0.05, 0) is 30.3 Å². The van der Waals surface area contributed by atoms with Crippen LogP contribution >= 0.6 is 0 Å². The number of rotatable bonds is 4. The molecule has 4 nitrogen and oxygen atoms in total. The number of hydrogen-bond acceptors (Lipinski definition) is 3. The lowest BCUT2D eigenvalue weighted by atomic mass is 10.1. The van der Waals surface area contributed by atoms with E-state index in [1.165, 1.54) is 0 Å². The van der Waals surface area contributed by atoms with Crippen molar-refractivity contribution < 1.29 is 4.74 Å². The molecule has 0 unspecified atom stereocenters. The summed E-state index contributed by atoms with van der Waals surface area (Å²) < 4.78 is 5.78. The van der Waals surface area contributed by atoms with Crippen molar-refractivity contribution in [3.63, 3.8) is 0 Å². The van der Waals surface area contributed by atoms with E-state index in [9.17, 15) is 0 Å². The van der Waals surface area contributed by atoms with Crippen molar-refractivity contribution >= 4 is 16.7 Å². The lowest BCUT2D eigenvalue weighted by molar-refractivity contribution is 0.307. The first-order valence-corrected chi connectivity index (χ1v) is 6.64. The quantitative estimate of drug-likeness (QED) is 0.568. The van der Waals surface area contributed by atoms with Crippen LogP contribution in [-0.2, 0) is 6.61 Å². The van der Waals surface area contributed by atoms with Gasteiger partial charge in [0.1, 0.15) is 18.2 Å². The molecule has 0 aliphatic heterocycles. The third-order valence-electron chi connectivity index (χ3n) is 3.28. The zero-order valence-electron chi connectivity index (χ0n) is 11.4. The van der Waals surface area contributed by atoms with Crippen molar-refractivity contribution in [3.05, 3.63) is 71.9 Å². The number of nitrogen functional groups attached to an aromatic ring is 1. The molecule has 0 aliphatic rings. The molecule has 0 bridgehead atoms. The number of fused-ring (bicyclic) bond motifs is 1. The second-order valence-corrected chi connectivity index (χ2v) is 4.72. The lowest BCUT2D eigenvalue weighted by Crippen LogP contribution is -2.10. The molecule has 3 aromatic rings. The monoisotopic (exact) mass is 277 g/mol. The van der Waals surface area contributed by atoms with Gasteiger partial charge in [0.25, 0.3) is 0 Å². The van der Waals surface area contributed by atoms with Crippen LogP contribution in [0.2, 0.25) is 0 Å². The van der Waals surface area contributed by atoms with Gasteiger partial charge in [0, 0.05) is 22.7 Å². The van der Waals surface area contributed by atoms with Gasteiger partial charge in [-0.2, -0.15) is 0 Å². The number of aromatic nitrogens is 1. The molecule has 4 heteroatoms. The highest BCUT2D eigenvalue weighted by Gasteiger charge is 2.03. The van der Waals surface area contributed by atoms with E-state index in [2.05, 4.69) is 4.98 Å². The SMILES string of the molecule is N=C(N)c1ccc(OCc2cccc3cccnc23)cc1. The van der Waals surface area contributed by atoms with Crippen molar-refractivity contribution in [1.82, 2.24) is 4.98 Å². The van der Waals surface area contributed by atoms with Gasteiger partial charge in [-0.15, -0.1) is 0 Å². The number of nitrogens with two attached hydrogens (primary N) is 1. The number of para-hydroxylation sites is 1. The first-order valence-electron chi connectivity index (χ1n) is 6.64. The maximum absolute atomic E-state index is 7.36. The summed E-state index contributed by atoms with van der Waals surface area (Å²) in [6.07, 6.45) is 1.79. The lowest BCUT2D eigenvalue weighted by Gasteiger charge is -2.09. The van der Waals surface area contributed by atoms with E-state index in [0.29, 0.717) is 12.2 Å². The fourth-order valence-electron chi connectivity index (χ4n) is 2.18. The normalized spacial score (nSPS) is 10.5. The molecule has 1 aromatic heterocycles. The smallest absolute Gasteiger partial charge is 0.122 e. The Labute approximate surface area is 122 Å². The van der Waals surface area contributed by atoms with Crippen LogP contribution in [0, 0.1) is 5.41 Å². The molecule has 2 aromatic carbocycles. The third kappa shape index (κ3) is 2.84. The van der Waals surface area contributed by atoms with Gasteiger partial charge in [-0.3, -0.25) is 10.4 Å². The van der Waals surface area contributed by atoms with Crippen molar-refractivity contribution in [2.45, 2.75) is 6.61 Å². The third-order valence-corrected chi connectivity index (χ3v) is 3.28. The summed E-state index contributed by atoms with van der Waals surface area (Å²) in [6.45, 7) is 0.452. The molecule has 0 radical (unpaired) electrons. The zero-order chi connectivity index (χ0) is 14.7. The molecule has 0 saturated heterocycles. The fraction of sp³-hybridized carbons (Fsp3) is 0.0588. The van der Waals surface area contributed by atoms with Crippen LogP contribution in [0.5, 0.6) is 5.75 Å². The summed E-state index contributed by atoms with van der Waals surface area (Å²) in [5, 5.41) is 8.46. The molecule has 21 heavy (non-hydrogen) atoms. The van der Waals surface area contributed by atoms with Gasteiger partial charge < -0.3 is 10.5 Å². The van der Waals surface area contributed by atoms with Crippen LogP contribution in [0.25, 0.3) is 10.9 Å². The topological polar surface area (TPSA) is 72.0 Å². The highest BCUT2D eigenvalue weighted by molar-refractivity contribution is 5.94. The second kappa shape index (κ2) is 5.63. The van der Waals surface area contributed by atoms with Crippen molar-refractivity contribution in [1.29, 1.82) is 5.41 Å². The average Bonchev–Trinajstić information content (AvgIpc) is 2.53. The Morgan fingerprint density at radius 2 is 1.81 bits per heavy atom. The number of benzene rings is 2. The van der Waals surface area contributed by atoms with Crippen LogP contribution in [0.4, 0.5) is 0 Å². The minimum atomic E-state index is 0.0554. The Kier molecular flexibility index (Phi) is 3.51. The maximum atomic E-state index is 7.36. The Balaban J connectivity index is 1.79. The van der Waals surface area contributed by atoms with Crippen molar-refractivity contribution in [3.8, 4) is 5.75 Å². The Hall–Kier alpha value is -2.88. The number of ether oxygens (including phenoxy) is 1. The van der Waals surface area contributed by atoms with Crippen molar-refractivity contribution in [2.24, 2.45) is 5.73 Å². The predicted octanol–water partition coefficient (Wildman–Crippen LogP) is 3.10. The van der Waals surface area contributed by atoms with Crippen LogP contribution in [0.1, 0.15) is 11.1 Å². The molecule has 3 rings (SSSR count). The van der Waals surface area contributed by atoms with E-state index in [1.54, 1.807) is 18.3 Å². The molecule has 0 fully saturated rings. The molecule has 0 aliphatic carbocycles. The number of nitrogens with zero attached hydrogens (tertiary/aromatic N) is 1. The summed E-state index contributed by atoms with van der Waals surface area (Å²) in [5.41, 5.74) is 8.12. The van der Waals surface area contributed by atoms with E-state index in [1.807, 2.05) is 42.5 Å². The summed E-state index contributed by atoms with van der Waals surface area (Å²) in [6, 6.07) is 17.2. The molecular weight excluding hydrogens is 262 g/mol. The molecule has 0 amide bonds. The van der Waals surface area contributed by atoms with Gasteiger partial charge in [-0.25, -0.2) is 0 Å². The van der Waals surface area contributed by atoms with E-state index in [-0.39, 0.29) is 5.84 Å². The Morgan fingerprint density at radius 1 is 1.05 bits per heavy atom. The summed E-state index contributed by atoms with van der Waals surface area (Å²) in [4.78, 5) is 4.41. The van der Waals surface area contributed by atoms with E-state index >= 15 is 0 Å². The van der Waals surface area contributed by atoms with E-state index in [0.717, 1.165) is 22.2 Å². The van der Waals surface area contributed by atoms with Gasteiger partial charge in [0.2, 0.25) is 0 Å². The molecule has 0 atom stereocenters. The van der Waals surface area contributed by atoms with Crippen LogP contribution < -0.4 is 10.5 Å². The first-order chi connectivity index (χ1) is 10.2. The fourth-order valence-corrected chi connectivity index (χ4v) is 2.18. The van der Waals surface area contributed by atoms with Gasteiger partial charge >= 0.3 is 0 Å². The Morgan fingerprint density at radius 3 is 2.57 bits per heavy atom. The summed E-state index contributed by atoms with van der Waals surface area (Å²) in [7, 11) is 0. The number of hydrogen-bond donors (Lipinski definition) is 2. The maximum Gasteiger partial charge on any atom is 0.122 e. The standard InChI is InChI=1S/C17H15N3O/c18-17(19)13-6-8-15(9-7-13)21-11-14-4-1-3-12-5-2-10-20-16(12)14/h1-10H,11H2,(H3,18,19). The van der Waals surface area contributed by atoms with Gasteiger partial charge in [0.05, 0.1) is 5.52 Å². The van der Waals surface area contributed by atoms with Crippen LogP contribution in [-0.4, -0.2) is 10.8 Å². The molecule has 1 heterocycles. The first kappa shape index (κ1) is 13.1. The number of nitrogens with one attached hydrogen (secondary N) is 1. The molecule has 104 valence electrons. The summed E-state index contributed by atoms with van der Waals surface area (Å²) >= 11 is 0. The highest BCUT2D eigenvalue weighted by Crippen LogP contribution is 2.19. The van der Waals surface area contributed by atoms with Crippen molar-refractivity contribution in [2.75, 3.05) is 0 Å². The number of amidine groups is 1. The Bertz CT molecular complexity index is 776. The number of pyridine rings is 1.